The fraction of sp³-hybridized carbons (Fsp3) is 0.250. The highest BCUT2D eigenvalue weighted by atomic mass is 19.1. The van der Waals surface area contributed by atoms with Crippen LogP contribution >= 0.6 is 0 Å². The number of hydrogen-bond donors (Lipinski definition) is 2. The lowest BCUT2D eigenvalue weighted by Crippen LogP contribution is -2.25. The van der Waals surface area contributed by atoms with Crippen LogP contribution in [0, 0.1) is 11.6 Å². The van der Waals surface area contributed by atoms with Crippen molar-refractivity contribution in [2.24, 2.45) is 0 Å². The van der Waals surface area contributed by atoms with Crippen molar-refractivity contribution < 1.29 is 46.8 Å². The highest BCUT2D eigenvalue weighted by Gasteiger charge is 2.36. The van der Waals surface area contributed by atoms with E-state index in [1.165, 1.54) is 21.3 Å². The molecule has 0 saturated heterocycles. The Morgan fingerprint density at radius 1 is 0.558 bits per heavy atom. The first-order valence-electron chi connectivity index (χ1n) is 16.4. The second-order valence-corrected chi connectivity index (χ2v) is 12.1. The fourth-order valence-electron chi connectivity index (χ4n) is 7.10. The molecule has 270 valence electrons. The zero-order chi connectivity index (χ0) is 37.1. The molecule has 0 spiro atoms. The Morgan fingerprint density at radius 2 is 1.06 bits per heavy atom. The van der Waals surface area contributed by atoms with E-state index in [0.29, 0.717) is 57.9 Å². The zero-order valence-corrected chi connectivity index (χ0v) is 29.5. The lowest BCUT2D eigenvalue weighted by atomic mass is 9.81. The first kappa shape index (κ1) is 35.8. The Kier molecular flexibility index (Phi) is 10.4. The van der Waals surface area contributed by atoms with E-state index in [9.17, 15) is 18.4 Å². The number of hydrogen-bond acceptors (Lipinski definition) is 8. The minimum absolute atomic E-state index is 0.0327. The molecule has 0 fully saturated rings. The summed E-state index contributed by atoms with van der Waals surface area (Å²) in [6.45, 7) is 0. The van der Waals surface area contributed by atoms with Gasteiger partial charge in [0, 0.05) is 47.9 Å². The van der Waals surface area contributed by atoms with Crippen LogP contribution in [0.3, 0.4) is 0 Å². The topological polar surface area (TPSA) is 114 Å². The molecule has 10 nitrogen and oxygen atoms in total. The monoisotopic (exact) mass is 712 g/mol. The molecule has 2 aliphatic heterocycles. The average molecular weight is 713 g/mol. The average Bonchev–Trinajstić information content (AvgIpc) is 3.16. The summed E-state index contributed by atoms with van der Waals surface area (Å²) in [5, 5.41) is 7.95. The lowest BCUT2D eigenvalue weighted by Gasteiger charge is -2.30. The molecule has 2 atom stereocenters. The van der Waals surface area contributed by atoms with Crippen molar-refractivity contribution in [3.05, 3.63) is 107 Å². The van der Waals surface area contributed by atoms with Crippen molar-refractivity contribution in [1.29, 1.82) is 0 Å². The largest absolute Gasteiger partial charge is 0.493 e. The number of nitrogens with one attached hydrogen (secondary N) is 2. The van der Waals surface area contributed by atoms with Gasteiger partial charge in [-0.1, -0.05) is 42.5 Å². The highest BCUT2D eigenvalue weighted by molar-refractivity contribution is 5.99. The summed E-state index contributed by atoms with van der Waals surface area (Å²) in [5.74, 6) is 0.254. The van der Waals surface area contributed by atoms with Gasteiger partial charge in [0.05, 0.1) is 54.0 Å². The van der Waals surface area contributed by atoms with Crippen LogP contribution in [0.2, 0.25) is 0 Å². The van der Waals surface area contributed by atoms with Crippen molar-refractivity contribution in [2.75, 3.05) is 53.3 Å². The van der Waals surface area contributed by atoms with Gasteiger partial charge in [-0.15, -0.1) is 0 Å². The van der Waals surface area contributed by atoms with E-state index in [2.05, 4.69) is 34.9 Å². The molecule has 52 heavy (non-hydrogen) atoms. The van der Waals surface area contributed by atoms with E-state index >= 15 is 0 Å². The Labute approximate surface area is 299 Å². The SMILES string of the molecule is COc1cc2c(c(OC)c1OC)C(c1cc(F)ccc1F)CC(=O)N2.COc1cc2c(c(OC)c1OC)C(c1cccc3ccccc13)CC(=O)N2. The second-order valence-electron chi connectivity index (χ2n) is 12.1. The number of carbonyl (C=O) groups excluding carboxylic acids is 2. The Balaban J connectivity index is 0.000000179. The molecular formula is C40H38F2N2O8. The van der Waals surface area contributed by atoms with Gasteiger partial charge in [-0.2, -0.15) is 0 Å². The van der Waals surface area contributed by atoms with Crippen molar-refractivity contribution in [3.8, 4) is 34.5 Å². The maximum atomic E-state index is 14.3. The summed E-state index contributed by atoms with van der Waals surface area (Å²) in [6, 6.07) is 20.9. The molecule has 2 unspecified atom stereocenters. The van der Waals surface area contributed by atoms with E-state index in [4.69, 9.17) is 28.4 Å². The molecule has 5 aromatic carbocycles. The Hall–Kier alpha value is -6.04. The van der Waals surface area contributed by atoms with Gasteiger partial charge < -0.3 is 39.1 Å². The normalized spacial score (nSPS) is 15.9. The molecule has 0 bridgehead atoms. The molecule has 2 aliphatic rings. The highest BCUT2D eigenvalue weighted by Crippen LogP contribution is 2.53. The molecule has 5 aromatic rings. The van der Waals surface area contributed by atoms with Gasteiger partial charge in [0.25, 0.3) is 0 Å². The van der Waals surface area contributed by atoms with Crippen LogP contribution in [0.5, 0.6) is 34.5 Å². The summed E-state index contributed by atoms with van der Waals surface area (Å²) >= 11 is 0. The minimum atomic E-state index is -0.714. The van der Waals surface area contributed by atoms with Crippen molar-refractivity contribution in [2.45, 2.75) is 24.7 Å². The van der Waals surface area contributed by atoms with E-state index in [1.54, 1.807) is 33.5 Å². The minimum Gasteiger partial charge on any atom is -0.493 e. The van der Waals surface area contributed by atoms with Crippen LogP contribution in [-0.4, -0.2) is 54.5 Å². The third kappa shape index (κ3) is 6.47. The summed E-state index contributed by atoms with van der Waals surface area (Å²) < 4.78 is 60.8. The molecule has 2 heterocycles. The molecule has 12 heteroatoms. The molecule has 2 amide bonds. The van der Waals surface area contributed by atoms with Crippen LogP contribution in [0.4, 0.5) is 20.2 Å². The third-order valence-electron chi connectivity index (χ3n) is 9.29. The summed E-state index contributed by atoms with van der Waals surface area (Å²) in [7, 11) is 9.10. The first-order valence-corrected chi connectivity index (χ1v) is 16.4. The Bertz CT molecular complexity index is 2170. The van der Waals surface area contributed by atoms with Crippen LogP contribution in [0.25, 0.3) is 10.8 Å². The number of benzene rings is 5. The number of carbonyl (C=O) groups is 2. The molecule has 7 rings (SSSR count). The number of ether oxygens (including phenoxy) is 6. The number of methoxy groups -OCH3 is 6. The van der Waals surface area contributed by atoms with E-state index in [0.717, 1.165) is 40.1 Å². The predicted molar refractivity (Wildman–Crippen MR) is 193 cm³/mol. The van der Waals surface area contributed by atoms with Crippen LogP contribution in [0.15, 0.2) is 72.8 Å². The second kappa shape index (κ2) is 15.1. The maximum absolute atomic E-state index is 14.3. The van der Waals surface area contributed by atoms with Crippen molar-refractivity contribution in [3.63, 3.8) is 0 Å². The van der Waals surface area contributed by atoms with Gasteiger partial charge in [0.2, 0.25) is 23.3 Å². The summed E-state index contributed by atoms with van der Waals surface area (Å²) in [4.78, 5) is 24.6. The third-order valence-corrected chi connectivity index (χ3v) is 9.29. The zero-order valence-electron chi connectivity index (χ0n) is 29.5. The molecule has 0 aliphatic carbocycles. The predicted octanol–water partition coefficient (Wildman–Crippen LogP) is 7.80. The molecular weight excluding hydrogens is 674 g/mol. The van der Waals surface area contributed by atoms with E-state index < -0.39 is 17.6 Å². The number of anilines is 2. The standard InChI is InChI=1S/C22H21NO4.C18H17F2NO4/c1-25-18-12-17-20(22(27-3)21(18)26-2)16(11-19(24)23-17)15-10-6-8-13-7-4-5-9-14(13)15;1-23-14-8-13-16(18(25-3)17(14)24-2)11(7-15(22)21-13)10-6-9(19)4-5-12(10)20/h4-10,12,16H,11H2,1-3H3,(H,23,24);4-6,8,11H,7H2,1-3H3,(H,21,22). The lowest BCUT2D eigenvalue weighted by molar-refractivity contribution is -0.117. The van der Waals surface area contributed by atoms with Gasteiger partial charge in [-0.25, -0.2) is 8.78 Å². The van der Waals surface area contributed by atoms with E-state index in [1.807, 2.05) is 18.2 Å². The van der Waals surface area contributed by atoms with Crippen molar-refractivity contribution in [1.82, 2.24) is 0 Å². The number of fused-ring (bicyclic) bond motifs is 3. The quantitative estimate of drug-likeness (QED) is 0.168. The molecule has 0 radical (unpaired) electrons. The summed E-state index contributed by atoms with van der Waals surface area (Å²) in [5.41, 5.74) is 3.71. The van der Waals surface area contributed by atoms with Gasteiger partial charge in [-0.3, -0.25) is 9.59 Å². The molecule has 0 saturated carbocycles. The van der Waals surface area contributed by atoms with Crippen LogP contribution in [-0.2, 0) is 9.59 Å². The van der Waals surface area contributed by atoms with Gasteiger partial charge in [0.15, 0.2) is 23.0 Å². The first-order chi connectivity index (χ1) is 25.2. The number of rotatable bonds is 8. The van der Waals surface area contributed by atoms with Crippen molar-refractivity contribution >= 4 is 34.0 Å². The number of amides is 2. The number of halogens is 2. The maximum Gasteiger partial charge on any atom is 0.225 e. The van der Waals surface area contributed by atoms with Gasteiger partial charge in [0.1, 0.15) is 11.6 Å². The molecule has 2 N–H and O–H groups in total. The fourth-order valence-corrected chi connectivity index (χ4v) is 7.10. The summed E-state index contributed by atoms with van der Waals surface area (Å²) in [6.07, 6.45) is 0.298. The van der Waals surface area contributed by atoms with E-state index in [-0.39, 0.29) is 29.7 Å². The Morgan fingerprint density at radius 3 is 1.58 bits per heavy atom. The van der Waals surface area contributed by atoms with Gasteiger partial charge >= 0.3 is 0 Å². The van der Waals surface area contributed by atoms with Crippen LogP contribution in [0.1, 0.15) is 46.9 Å². The molecule has 0 aromatic heterocycles. The smallest absolute Gasteiger partial charge is 0.225 e. The van der Waals surface area contributed by atoms with Gasteiger partial charge in [-0.05, 0) is 40.1 Å². The van der Waals surface area contributed by atoms with Crippen LogP contribution < -0.4 is 39.1 Å².